The standard InChI is InChI=1S/C13H28AsO12P/c1-14(2,21)3-10-11(18)12(19)13(20,26-10)24-5-9(17)7-27(22,23)25-6-8(16)4-15/h8-12,15-20H,3-7H2,1-2H3,(H,22,23)/t8?,9?,10-,11-,12-,13-/m1/s1. The van der Waals surface area contributed by atoms with Crippen LogP contribution in [0.3, 0.4) is 0 Å². The Hall–Kier alpha value is 0.188. The summed E-state index contributed by atoms with van der Waals surface area (Å²) in [7, 11) is -4.34. The molecule has 1 saturated heterocycles. The first kappa shape index (κ1) is 25.2. The molecular weight excluding hydrogens is 454 g/mol. The predicted octanol–water partition coefficient (Wildman–Crippen LogP) is -2.68. The van der Waals surface area contributed by atoms with Crippen molar-refractivity contribution in [1.29, 1.82) is 0 Å². The molecule has 12 nitrogen and oxygen atoms in total. The molecule has 27 heavy (non-hydrogen) atoms. The van der Waals surface area contributed by atoms with Crippen molar-refractivity contribution in [2.75, 3.05) is 26.0 Å². The summed E-state index contributed by atoms with van der Waals surface area (Å²) in [6.45, 7) is -2.07. The molecule has 162 valence electrons. The molecule has 0 saturated carbocycles. The van der Waals surface area contributed by atoms with E-state index in [1.807, 2.05) is 0 Å². The molecule has 7 atom stereocenters. The van der Waals surface area contributed by atoms with E-state index in [9.17, 15) is 33.6 Å². The van der Waals surface area contributed by atoms with Crippen LogP contribution < -0.4 is 0 Å². The average molecular weight is 482 g/mol. The number of hydrogen-bond acceptors (Lipinski definition) is 11. The molecule has 14 heteroatoms. The number of ether oxygens (including phenoxy) is 2. The second kappa shape index (κ2) is 9.79. The Labute approximate surface area is 158 Å². The molecule has 1 aliphatic rings. The minimum absolute atomic E-state index is 0.0719. The van der Waals surface area contributed by atoms with Crippen LogP contribution in [0.25, 0.3) is 0 Å². The Kier molecular flexibility index (Phi) is 9.15. The third-order valence-corrected chi connectivity index (χ3v) is 7.66. The van der Waals surface area contributed by atoms with E-state index in [-0.39, 0.29) is 5.21 Å². The van der Waals surface area contributed by atoms with Gasteiger partial charge in [0.25, 0.3) is 0 Å². The van der Waals surface area contributed by atoms with Gasteiger partial charge in [-0.25, -0.2) is 0 Å². The van der Waals surface area contributed by atoms with E-state index in [4.69, 9.17) is 19.7 Å². The van der Waals surface area contributed by atoms with E-state index < -0.39 is 83.6 Å². The van der Waals surface area contributed by atoms with Crippen molar-refractivity contribution < 1.29 is 57.8 Å². The van der Waals surface area contributed by atoms with Crippen LogP contribution in [0.15, 0.2) is 0 Å². The molecule has 0 aromatic carbocycles. The van der Waals surface area contributed by atoms with Crippen LogP contribution in [-0.4, -0.2) is 111 Å². The third-order valence-electron chi connectivity index (χ3n) is 3.62. The second-order valence-electron chi connectivity index (χ2n) is 6.90. The first-order valence-electron chi connectivity index (χ1n) is 8.07. The van der Waals surface area contributed by atoms with Crippen molar-refractivity contribution in [1.82, 2.24) is 0 Å². The van der Waals surface area contributed by atoms with Gasteiger partial charge in [-0.05, 0) is 0 Å². The Morgan fingerprint density at radius 2 is 1.81 bits per heavy atom. The summed E-state index contributed by atoms with van der Waals surface area (Å²) in [4.78, 5) is 9.56. The molecule has 1 heterocycles. The van der Waals surface area contributed by atoms with Crippen molar-refractivity contribution in [2.45, 2.75) is 53.1 Å². The van der Waals surface area contributed by atoms with E-state index in [2.05, 4.69) is 4.52 Å². The normalized spacial score (nSPS) is 33.6. The van der Waals surface area contributed by atoms with Crippen LogP contribution in [0.5, 0.6) is 0 Å². The maximum absolute atomic E-state index is 11.9. The van der Waals surface area contributed by atoms with E-state index >= 15 is 0 Å². The summed E-state index contributed by atoms with van der Waals surface area (Å²) in [6.07, 6.45) is -8.45. The number of hydrogen-bond donors (Lipinski definition) is 7. The monoisotopic (exact) mass is 482 g/mol. The summed E-state index contributed by atoms with van der Waals surface area (Å²) in [5.41, 5.74) is 2.99. The first-order valence-corrected chi connectivity index (χ1v) is 15.7. The molecule has 0 aromatic rings. The summed E-state index contributed by atoms with van der Waals surface area (Å²) in [5.74, 6) is -2.69. The van der Waals surface area contributed by atoms with Gasteiger partial charge < -0.3 is 10.2 Å². The van der Waals surface area contributed by atoms with Gasteiger partial charge in [0.2, 0.25) is 0 Å². The van der Waals surface area contributed by atoms with Crippen molar-refractivity contribution in [2.24, 2.45) is 0 Å². The zero-order chi connectivity index (χ0) is 21.0. The van der Waals surface area contributed by atoms with Gasteiger partial charge >= 0.3 is 141 Å². The molecule has 0 radical (unpaired) electrons. The van der Waals surface area contributed by atoms with Crippen LogP contribution in [0.4, 0.5) is 0 Å². The molecule has 0 amide bonds. The molecule has 0 aromatic heterocycles. The fourth-order valence-electron chi connectivity index (χ4n) is 2.32. The number of aliphatic hydroxyl groups is 6. The van der Waals surface area contributed by atoms with Crippen LogP contribution in [0.2, 0.25) is 16.6 Å². The van der Waals surface area contributed by atoms with Crippen LogP contribution >= 0.6 is 7.60 Å². The Bertz CT molecular complexity index is 569. The fourth-order valence-corrected chi connectivity index (χ4v) is 5.89. The Balaban J connectivity index is 2.58. The molecule has 0 spiro atoms. The SMILES string of the molecule is C[As](C)(=O)C[C@H]1O[C@](O)(OCC(O)CP(=O)(O)OCC(O)CO)[C@H](O)[C@@H]1O. The summed E-state index contributed by atoms with van der Waals surface area (Å²) >= 11 is -3.28. The molecular formula is C13H28AsO12P. The third kappa shape index (κ3) is 8.21. The number of rotatable bonds is 11. The van der Waals surface area contributed by atoms with Gasteiger partial charge in [-0.2, -0.15) is 0 Å². The predicted molar refractivity (Wildman–Crippen MR) is 90.5 cm³/mol. The van der Waals surface area contributed by atoms with Crippen LogP contribution in [-0.2, 0) is 22.3 Å². The Morgan fingerprint density at radius 3 is 2.33 bits per heavy atom. The molecule has 1 aliphatic heterocycles. The maximum atomic E-state index is 11.9. The van der Waals surface area contributed by atoms with Crippen molar-refractivity contribution >= 4 is 21.1 Å². The van der Waals surface area contributed by atoms with E-state index in [0.717, 1.165) is 0 Å². The molecule has 0 aliphatic carbocycles. The van der Waals surface area contributed by atoms with Crippen molar-refractivity contribution in [3.05, 3.63) is 0 Å². The topological polar surface area (TPSA) is 203 Å². The molecule has 0 bridgehead atoms. The summed E-state index contributed by atoms with van der Waals surface area (Å²) < 4.78 is 38.1. The Morgan fingerprint density at radius 1 is 1.22 bits per heavy atom. The van der Waals surface area contributed by atoms with Gasteiger partial charge in [0, 0.05) is 0 Å². The first-order chi connectivity index (χ1) is 12.2. The van der Waals surface area contributed by atoms with Gasteiger partial charge in [-0.1, -0.05) is 0 Å². The van der Waals surface area contributed by atoms with E-state index in [1.165, 1.54) is 11.4 Å². The average Bonchev–Trinajstić information content (AvgIpc) is 2.73. The molecule has 7 N–H and O–H groups in total. The van der Waals surface area contributed by atoms with Crippen molar-refractivity contribution in [3.63, 3.8) is 0 Å². The zero-order valence-electron chi connectivity index (χ0n) is 15.0. The van der Waals surface area contributed by atoms with Gasteiger partial charge in [-0.15, -0.1) is 0 Å². The van der Waals surface area contributed by atoms with Gasteiger partial charge in [-0.3, -0.25) is 0 Å². The summed E-state index contributed by atoms with van der Waals surface area (Å²) in [6, 6.07) is 0. The van der Waals surface area contributed by atoms with Gasteiger partial charge in [0.05, 0.1) is 6.61 Å². The molecule has 3 unspecified atom stereocenters. The minimum atomic E-state index is -4.34. The second-order valence-corrected chi connectivity index (χ2v) is 16.2. The fraction of sp³-hybridized carbons (Fsp3) is 1.00. The van der Waals surface area contributed by atoms with Gasteiger partial charge in [0.1, 0.15) is 0 Å². The van der Waals surface area contributed by atoms with E-state index in [1.54, 1.807) is 0 Å². The van der Waals surface area contributed by atoms with E-state index in [0.29, 0.717) is 0 Å². The molecule has 1 rings (SSSR count). The van der Waals surface area contributed by atoms with Crippen molar-refractivity contribution in [3.8, 4) is 0 Å². The summed E-state index contributed by atoms with van der Waals surface area (Å²) in [5, 5.41) is 57.4. The quantitative estimate of drug-likeness (QED) is 0.0915. The van der Waals surface area contributed by atoms with Crippen LogP contribution in [0.1, 0.15) is 0 Å². The zero-order valence-corrected chi connectivity index (χ0v) is 17.8. The molecule has 1 fully saturated rings. The number of aliphatic hydroxyl groups excluding tert-OH is 5. The van der Waals surface area contributed by atoms with Crippen LogP contribution in [0, 0.1) is 0 Å². The van der Waals surface area contributed by atoms with Gasteiger partial charge in [0.15, 0.2) is 0 Å².